The van der Waals surface area contributed by atoms with Crippen molar-refractivity contribution in [2.24, 2.45) is 0 Å². The Kier molecular flexibility index (Phi) is 4.16. The highest BCUT2D eigenvalue weighted by Crippen LogP contribution is 2.31. The second kappa shape index (κ2) is 6.63. The lowest BCUT2D eigenvalue weighted by molar-refractivity contribution is 0.102. The minimum Gasteiger partial charge on any atom is -0.494 e. The molecule has 0 radical (unpaired) electrons. The van der Waals surface area contributed by atoms with Gasteiger partial charge in [-0.1, -0.05) is 24.3 Å². The number of halogens is 1. The molecule has 0 saturated heterocycles. The number of ether oxygens (including phenoxy) is 1. The molecule has 0 unspecified atom stereocenters. The number of fused-ring (bicyclic) bond motifs is 1. The van der Waals surface area contributed by atoms with Gasteiger partial charge in [-0.25, -0.2) is 9.07 Å². The molecule has 1 N–H and O–H groups in total. The number of nitrogens with one attached hydrogen (secondary N) is 1. The lowest BCUT2D eigenvalue weighted by Gasteiger charge is -2.12. The van der Waals surface area contributed by atoms with Gasteiger partial charge in [-0.15, -0.1) is 0 Å². The normalized spacial score (nSPS) is 12.7. The lowest BCUT2D eigenvalue weighted by atomic mass is 10.1. The van der Waals surface area contributed by atoms with Crippen molar-refractivity contribution in [3.05, 3.63) is 71.2 Å². The molecule has 3 aromatic rings. The molecule has 0 bridgehead atoms. The number of methoxy groups -OCH3 is 1. The van der Waals surface area contributed by atoms with E-state index in [4.69, 9.17) is 4.74 Å². The second-order valence-corrected chi connectivity index (χ2v) is 6.15. The Morgan fingerprint density at radius 1 is 1.15 bits per heavy atom. The molecule has 1 aromatic heterocycles. The first-order chi connectivity index (χ1) is 12.7. The van der Waals surface area contributed by atoms with Gasteiger partial charge in [0.05, 0.1) is 24.1 Å². The number of anilines is 1. The molecule has 4 rings (SSSR count). The molecule has 6 heteroatoms. The fourth-order valence-corrected chi connectivity index (χ4v) is 3.29. The molecule has 0 fully saturated rings. The van der Waals surface area contributed by atoms with Crippen LogP contribution >= 0.6 is 0 Å². The van der Waals surface area contributed by atoms with E-state index in [-0.39, 0.29) is 11.3 Å². The van der Waals surface area contributed by atoms with Crippen LogP contribution in [0.15, 0.2) is 48.5 Å². The number of rotatable bonds is 4. The average Bonchev–Trinajstić information content (AvgIpc) is 3.25. The zero-order valence-electron chi connectivity index (χ0n) is 14.3. The summed E-state index contributed by atoms with van der Waals surface area (Å²) in [6.45, 7) is 0. The number of nitrogens with zero attached hydrogens (tertiary/aromatic N) is 2. The Bertz CT molecular complexity index is 967. The number of para-hydroxylation sites is 1. The average molecular weight is 351 g/mol. The zero-order valence-corrected chi connectivity index (χ0v) is 14.3. The van der Waals surface area contributed by atoms with Crippen LogP contribution in [0.3, 0.4) is 0 Å². The van der Waals surface area contributed by atoms with E-state index >= 15 is 0 Å². The summed E-state index contributed by atoms with van der Waals surface area (Å²) in [6, 6.07) is 14.1. The van der Waals surface area contributed by atoms with Gasteiger partial charge in [0, 0.05) is 5.56 Å². The van der Waals surface area contributed by atoms with E-state index in [2.05, 4.69) is 10.4 Å². The van der Waals surface area contributed by atoms with Crippen molar-refractivity contribution in [3.8, 4) is 11.4 Å². The van der Waals surface area contributed by atoms with Crippen molar-refractivity contribution in [1.82, 2.24) is 9.78 Å². The van der Waals surface area contributed by atoms with Crippen LogP contribution in [-0.4, -0.2) is 22.8 Å². The summed E-state index contributed by atoms with van der Waals surface area (Å²) in [5, 5.41) is 7.51. The third kappa shape index (κ3) is 2.73. The maximum Gasteiger partial charge on any atom is 0.259 e. The predicted octanol–water partition coefficient (Wildman–Crippen LogP) is 3.76. The standard InChI is InChI=1S/C20H18FN3O2/c1-26-17-12-6-10-15(18(17)21)20(25)22-19-14-9-5-11-16(14)23-24(19)13-7-3-2-4-8-13/h2-4,6-8,10,12H,5,9,11H2,1H3,(H,22,25). The van der Waals surface area contributed by atoms with Gasteiger partial charge in [-0.05, 0) is 43.5 Å². The third-order valence-corrected chi connectivity index (χ3v) is 4.57. The minimum absolute atomic E-state index is 0.0412. The Hall–Kier alpha value is -3.15. The highest BCUT2D eigenvalue weighted by molar-refractivity contribution is 6.05. The van der Waals surface area contributed by atoms with E-state index in [1.807, 2.05) is 30.3 Å². The second-order valence-electron chi connectivity index (χ2n) is 6.15. The van der Waals surface area contributed by atoms with E-state index in [9.17, 15) is 9.18 Å². The summed E-state index contributed by atoms with van der Waals surface area (Å²) in [7, 11) is 1.37. The Labute approximate surface area is 150 Å². The fourth-order valence-electron chi connectivity index (χ4n) is 3.29. The number of hydrogen-bond acceptors (Lipinski definition) is 3. The summed E-state index contributed by atoms with van der Waals surface area (Å²) in [6.07, 6.45) is 2.73. The molecular weight excluding hydrogens is 333 g/mol. The molecule has 26 heavy (non-hydrogen) atoms. The molecule has 0 saturated carbocycles. The number of benzene rings is 2. The number of carbonyl (C=O) groups excluding carboxylic acids is 1. The molecule has 1 aliphatic carbocycles. The molecule has 2 aromatic carbocycles. The molecule has 1 aliphatic rings. The van der Waals surface area contributed by atoms with E-state index in [0.717, 1.165) is 36.2 Å². The van der Waals surface area contributed by atoms with Crippen molar-refractivity contribution in [2.45, 2.75) is 19.3 Å². The van der Waals surface area contributed by atoms with Crippen molar-refractivity contribution in [3.63, 3.8) is 0 Å². The Morgan fingerprint density at radius 3 is 2.73 bits per heavy atom. The molecule has 132 valence electrons. The third-order valence-electron chi connectivity index (χ3n) is 4.57. The van der Waals surface area contributed by atoms with Gasteiger partial charge in [0.1, 0.15) is 5.82 Å². The largest absolute Gasteiger partial charge is 0.494 e. The number of amides is 1. The summed E-state index contributed by atoms with van der Waals surface area (Å²) in [4.78, 5) is 12.7. The number of carbonyl (C=O) groups is 1. The smallest absolute Gasteiger partial charge is 0.259 e. The summed E-state index contributed by atoms with van der Waals surface area (Å²) in [5.74, 6) is -0.543. The molecule has 0 spiro atoms. The van der Waals surface area contributed by atoms with Gasteiger partial charge >= 0.3 is 0 Å². The quantitative estimate of drug-likeness (QED) is 0.779. The van der Waals surface area contributed by atoms with Crippen LogP contribution < -0.4 is 10.1 Å². The van der Waals surface area contributed by atoms with Crippen LogP contribution in [-0.2, 0) is 12.8 Å². The van der Waals surface area contributed by atoms with Gasteiger partial charge in [0.2, 0.25) is 0 Å². The van der Waals surface area contributed by atoms with Gasteiger partial charge in [-0.2, -0.15) is 5.10 Å². The monoisotopic (exact) mass is 351 g/mol. The van der Waals surface area contributed by atoms with E-state index < -0.39 is 11.7 Å². The minimum atomic E-state index is -0.671. The summed E-state index contributed by atoms with van der Waals surface area (Å²) in [5.41, 5.74) is 2.79. The first kappa shape index (κ1) is 16.3. The van der Waals surface area contributed by atoms with Gasteiger partial charge in [0.25, 0.3) is 5.91 Å². The van der Waals surface area contributed by atoms with Crippen LogP contribution in [0.5, 0.6) is 5.75 Å². The summed E-state index contributed by atoms with van der Waals surface area (Å²) >= 11 is 0. The zero-order chi connectivity index (χ0) is 18.1. The Morgan fingerprint density at radius 2 is 1.96 bits per heavy atom. The van der Waals surface area contributed by atoms with Crippen molar-refractivity contribution < 1.29 is 13.9 Å². The number of hydrogen-bond donors (Lipinski definition) is 1. The topological polar surface area (TPSA) is 56.1 Å². The molecule has 1 amide bonds. The maximum atomic E-state index is 14.4. The van der Waals surface area contributed by atoms with Gasteiger partial charge in [0.15, 0.2) is 11.6 Å². The van der Waals surface area contributed by atoms with E-state index in [1.165, 1.54) is 19.2 Å². The molecule has 0 aliphatic heterocycles. The highest BCUT2D eigenvalue weighted by Gasteiger charge is 2.25. The molecular formula is C20H18FN3O2. The first-order valence-electron chi connectivity index (χ1n) is 8.49. The van der Waals surface area contributed by atoms with Crippen LogP contribution in [0.25, 0.3) is 5.69 Å². The maximum absolute atomic E-state index is 14.4. The van der Waals surface area contributed by atoms with E-state index in [0.29, 0.717) is 5.82 Å². The Balaban J connectivity index is 1.74. The summed E-state index contributed by atoms with van der Waals surface area (Å²) < 4.78 is 21.1. The lowest BCUT2D eigenvalue weighted by Crippen LogP contribution is -2.18. The SMILES string of the molecule is COc1cccc(C(=O)Nc2c3c(nn2-c2ccccc2)CCC3)c1F. The van der Waals surface area contributed by atoms with Crippen molar-refractivity contribution in [2.75, 3.05) is 12.4 Å². The van der Waals surface area contributed by atoms with E-state index in [1.54, 1.807) is 10.7 Å². The molecule has 0 atom stereocenters. The molecule has 1 heterocycles. The van der Waals surface area contributed by atoms with Crippen LogP contribution in [0.1, 0.15) is 28.0 Å². The van der Waals surface area contributed by atoms with Crippen molar-refractivity contribution in [1.29, 1.82) is 0 Å². The van der Waals surface area contributed by atoms with Crippen molar-refractivity contribution >= 4 is 11.7 Å². The predicted molar refractivity (Wildman–Crippen MR) is 96.5 cm³/mol. The molecule has 5 nitrogen and oxygen atoms in total. The van der Waals surface area contributed by atoms with Crippen LogP contribution in [0, 0.1) is 5.82 Å². The highest BCUT2D eigenvalue weighted by atomic mass is 19.1. The van der Waals surface area contributed by atoms with Gasteiger partial charge in [-0.3, -0.25) is 4.79 Å². The first-order valence-corrected chi connectivity index (χ1v) is 8.49. The van der Waals surface area contributed by atoms with Crippen LogP contribution in [0.2, 0.25) is 0 Å². The number of aryl methyl sites for hydroxylation is 1. The fraction of sp³-hybridized carbons (Fsp3) is 0.200. The number of aromatic nitrogens is 2. The van der Waals surface area contributed by atoms with Crippen LogP contribution in [0.4, 0.5) is 10.2 Å². The van der Waals surface area contributed by atoms with Gasteiger partial charge < -0.3 is 10.1 Å².